The van der Waals surface area contributed by atoms with Gasteiger partial charge < -0.3 is 30.1 Å². The molecule has 2 amide bonds. The van der Waals surface area contributed by atoms with Crippen molar-refractivity contribution in [3.8, 4) is 0 Å². The number of carbonyl (C=O) groups excluding carboxylic acids is 1. The van der Waals surface area contributed by atoms with Crippen LogP contribution in [0.15, 0.2) is 42.5 Å². The molecule has 3 N–H and O–H groups in total. The minimum absolute atomic E-state index is 0.0566. The molecule has 0 radical (unpaired) electrons. The molecule has 0 aliphatic heterocycles. The van der Waals surface area contributed by atoms with Gasteiger partial charge in [-0.15, -0.1) is 0 Å². The highest BCUT2D eigenvalue weighted by atomic mass is 16.5. The fourth-order valence-corrected chi connectivity index (χ4v) is 5.19. The molecule has 0 spiro atoms. The minimum Gasteiger partial charge on any atom is -0.481 e. The van der Waals surface area contributed by atoms with Gasteiger partial charge in [0.1, 0.15) is 0 Å². The molecule has 208 valence electrons. The Morgan fingerprint density at radius 1 is 1.03 bits per heavy atom. The van der Waals surface area contributed by atoms with Crippen LogP contribution in [0.1, 0.15) is 63.0 Å². The van der Waals surface area contributed by atoms with Gasteiger partial charge in [0.05, 0.1) is 30.5 Å². The Morgan fingerprint density at radius 2 is 1.71 bits per heavy atom. The van der Waals surface area contributed by atoms with E-state index in [1.807, 2.05) is 49.4 Å². The molecule has 8 nitrogen and oxygen atoms in total. The molecule has 0 heterocycles. The van der Waals surface area contributed by atoms with Gasteiger partial charge >= 0.3 is 12.0 Å². The van der Waals surface area contributed by atoms with E-state index in [0.29, 0.717) is 29.4 Å². The first-order valence-corrected chi connectivity index (χ1v) is 13.5. The molecule has 1 aliphatic rings. The van der Waals surface area contributed by atoms with E-state index >= 15 is 0 Å². The quantitative estimate of drug-likeness (QED) is 0.302. The Labute approximate surface area is 226 Å². The minimum atomic E-state index is -0.890. The Bertz CT molecular complexity index is 1050. The second kappa shape index (κ2) is 14.2. The van der Waals surface area contributed by atoms with Crippen molar-refractivity contribution in [3.05, 3.63) is 53.6 Å². The van der Waals surface area contributed by atoms with Gasteiger partial charge in [-0.1, -0.05) is 37.6 Å². The van der Waals surface area contributed by atoms with E-state index in [4.69, 9.17) is 9.47 Å². The number of rotatable bonds is 12. The van der Waals surface area contributed by atoms with Crippen molar-refractivity contribution in [1.29, 1.82) is 0 Å². The molecule has 2 aromatic rings. The number of anilines is 3. The number of nitrogens with zero attached hydrogens (tertiary/aromatic N) is 1. The second-order valence-corrected chi connectivity index (χ2v) is 10.7. The van der Waals surface area contributed by atoms with Crippen molar-refractivity contribution in [2.45, 2.75) is 70.9 Å². The predicted octanol–water partition coefficient (Wildman–Crippen LogP) is 6.26. The molecule has 0 aromatic heterocycles. The summed E-state index contributed by atoms with van der Waals surface area (Å²) < 4.78 is 10.9. The Kier molecular flexibility index (Phi) is 11.0. The van der Waals surface area contributed by atoms with Crippen LogP contribution in [0.2, 0.25) is 0 Å². The van der Waals surface area contributed by atoms with E-state index in [0.717, 1.165) is 49.0 Å². The summed E-state index contributed by atoms with van der Waals surface area (Å²) in [5.74, 6) is -0.806. The van der Waals surface area contributed by atoms with Crippen LogP contribution in [0.3, 0.4) is 0 Å². The Hall–Kier alpha value is -3.10. The van der Waals surface area contributed by atoms with Crippen LogP contribution < -0.4 is 15.5 Å². The molecular formula is C30H43N3O5. The fourth-order valence-electron chi connectivity index (χ4n) is 5.19. The summed E-state index contributed by atoms with van der Waals surface area (Å²) in [6.45, 7) is 7.50. The number of aryl methyl sites for hydroxylation is 1. The van der Waals surface area contributed by atoms with Crippen LogP contribution in [0.25, 0.3) is 0 Å². The third-order valence-corrected chi connectivity index (χ3v) is 7.13. The zero-order valence-corrected chi connectivity index (χ0v) is 23.3. The normalized spacial score (nSPS) is 18.2. The third kappa shape index (κ3) is 8.46. The molecule has 8 heteroatoms. The number of hydrogen-bond donors (Lipinski definition) is 3. The van der Waals surface area contributed by atoms with E-state index in [1.165, 1.54) is 0 Å². The van der Waals surface area contributed by atoms with Crippen molar-refractivity contribution in [1.82, 2.24) is 0 Å². The maximum absolute atomic E-state index is 13.1. The number of carboxylic acid groups (broad SMARTS) is 1. The second-order valence-electron chi connectivity index (χ2n) is 10.7. The van der Waals surface area contributed by atoms with Gasteiger partial charge in [0.25, 0.3) is 0 Å². The number of benzene rings is 2. The van der Waals surface area contributed by atoms with Gasteiger partial charge in [-0.3, -0.25) is 4.79 Å². The molecule has 2 aromatic carbocycles. The first-order chi connectivity index (χ1) is 18.2. The van der Waals surface area contributed by atoms with Gasteiger partial charge in [-0.2, -0.15) is 0 Å². The molecule has 0 saturated heterocycles. The molecule has 1 aliphatic carbocycles. The number of methoxy groups -OCH3 is 2. The van der Waals surface area contributed by atoms with E-state index in [1.54, 1.807) is 14.2 Å². The third-order valence-electron chi connectivity index (χ3n) is 7.13. The average Bonchev–Trinajstić information content (AvgIpc) is 2.88. The smallest absolute Gasteiger partial charge is 0.323 e. The standard InChI is InChI=1S/C30H43N3O5/c1-20(2)18-33(25-11-13-26(38-5)14-12-25)28-15-8-22(23(19-37-4)17-29(34)35)16-27(28)32-30(36)31-24-9-6-21(3)7-10-24/h6-10,15-16,20,23,25-26H,11-14,17-19H2,1-5H3,(H,34,35)(H2,31,32,36)/t23?,25-,26-. The lowest BCUT2D eigenvalue weighted by atomic mass is 9.90. The lowest BCUT2D eigenvalue weighted by Gasteiger charge is -2.40. The molecule has 1 saturated carbocycles. The molecular weight excluding hydrogens is 482 g/mol. The summed E-state index contributed by atoms with van der Waals surface area (Å²) in [5, 5.41) is 15.5. The number of carboxylic acids is 1. The van der Waals surface area contributed by atoms with Crippen LogP contribution in [0.5, 0.6) is 0 Å². The van der Waals surface area contributed by atoms with Crippen LogP contribution in [0.4, 0.5) is 21.9 Å². The first-order valence-electron chi connectivity index (χ1n) is 13.5. The summed E-state index contributed by atoms with van der Waals surface area (Å²) in [4.78, 5) is 27.1. The van der Waals surface area contributed by atoms with E-state index in [9.17, 15) is 14.7 Å². The molecule has 1 fully saturated rings. The summed E-state index contributed by atoms with van der Waals surface area (Å²) in [7, 11) is 3.34. The van der Waals surface area contributed by atoms with Crippen molar-refractivity contribution in [2.75, 3.05) is 42.9 Å². The zero-order chi connectivity index (χ0) is 27.7. The SMILES string of the molecule is COCC(CC(=O)O)c1ccc(N(CC(C)C)[C@H]2CC[C@H](OC)CC2)c(NC(=O)Nc2ccc(C)cc2)c1. The summed E-state index contributed by atoms with van der Waals surface area (Å²) >= 11 is 0. The number of ether oxygens (including phenoxy) is 2. The maximum atomic E-state index is 13.1. The van der Waals surface area contributed by atoms with Crippen molar-refractivity contribution >= 4 is 29.1 Å². The van der Waals surface area contributed by atoms with Crippen molar-refractivity contribution in [2.24, 2.45) is 5.92 Å². The molecule has 38 heavy (non-hydrogen) atoms. The van der Waals surface area contributed by atoms with Gasteiger partial charge in [-0.05, 0) is 68.4 Å². The number of hydrogen-bond acceptors (Lipinski definition) is 5. The van der Waals surface area contributed by atoms with E-state index in [-0.39, 0.29) is 25.0 Å². The first kappa shape index (κ1) is 29.5. The van der Waals surface area contributed by atoms with Crippen LogP contribution in [0, 0.1) is 12.8 Å². The number of nitrogens with one attached hydrogen (secondary N) is 2. The maximum Gasteiger partial charge on any atom is 0.323 e. The highest BCUT2D eigenvalue weighted by Gasteiger charge is 2.29. The van der Waals surface area contributed by atoms with E-state index in [2.05, 4.69) is 29.4 Å². The molecule has 1 atom stereocenters. The van der Waals surface area contributed by atoms with Gasteiger partial charge in [-0.25, -0.2) is 4.79 Å². The number of aliphatic carboxylic acids is 1. The van der Waals surface area contributed by atoms with Gasteiger partial charge in [0, 0.05) is 38.4 Å². The van der Waals surface area contributed by atoms with Crippen molar-refractivity contribution in [3.63, 3.8) is 0 Å². The zero-order valence-electron chi connectivity index (χ0n) is 23.3. The molecule has 1 unspecified atom stereocenters. The lowest BCUT2D eigenvalue weighted by Crippen LogP contribution is -2.42. The van der Waals surface area contributed by atoms with Gasteiger partial charge in [0.15, 0.2) is 0 Å². The lowest BCUT2D eigenvalue weighted by molar-refractivity contribution is -0.137. The van der Waals surface area contributed by atoms with Crippen LogP contribution in [-0.4, -0.2) is 56.6 Å². The number of carbonyl (C=O) groups is 2. The van der Waals surface area contributed by atoms with Gasteiger partial charge in [0.2, 0.25) is 0 Å². The Balaban J connectivity index is 1.97. The topological polar surface area (TPSA) is 100 Å². The van der Waals surface area contributed by atoms with Crippen LogP contribution >= 0.6 is 0 Å². The largest absolute Gasteiger partial charge is 0.481 e. The Morgan fingerprint density at radius 3 is 2.29 bits per heavy atom. The summed E-state index contributed by atoms with van der Waals surface area (Å²) in [5.41, 5.74) is 4.23. The average molecular weight is 526 g/mol. The summed E-state index contributed by atoms with van der Waals surface area (Å²) in [6, 6.07) is 13.5. The van der Waals surface area contributed by atoms with Crippen molar-refractivity contribution < 1.29 is 24.2 Å². The summed E-state index contributed by atoms with van der Waals surface area (Å²) in [6.07, 6.45) is 4.25. The highest BCUT2D eigenvalue weighted by molar-refractivity contribution is 6.02. The van der Waals surface area contributed by atoms with Crippen LogP contribution in [-0.2, 0) is 14.3 Å². The molecule has 3 rings (SSSR count). The number of amides is 2. The number of urea groups is 1. The highest BCUT2D eigenvalue weighted by Crippen LogP contribution is 2.36. The fraction of sp³-hybridized carbons (Fsp3) is 0.533. The molecule has 0 bridgehead atoms. The van der Waals surface area contributed by atoms with E-state index < -0.39 is 5.97 Å². The predicted molar refractivity (Wildman–Crippen MR) is 152 cm³/mol. The monoisotopic (exact) mass is 525 g/mol.